The molecule has 2 aromatic rings. The molecule has 0 unspecified atom stereocenters. The van der Waals surface area contributed by atoms with Gasteiger partial charge < -0.3 is 10.6 Å². The Morgan fingerprint density at radius 2 is 1.61 bits per heavy atom. The predicted molar refractivity (Wildman–Crippen MR) is 130 cm³/mol. The van der Waals surface area contributed by atoms with E-state index in [-0.39, 0.29) is 28.5 Å². The fourth-order valence-corrected chi connectivity index (χ4v) is 5.08. The van der Waals surface area contributed by atoms with Crippen LogP contribution in [-0.4, -0.2) is 32.8 Å². The summed E-state index contributed by atoms with van der Waals surface area (Å²) in [5.74, 6) is -0.415. The lowest BCUT2D eigenvalue weighted by atomic mass is 9.81. The smallest absolute Gasteiger partial charge is 0.246 e. The molecule has 0 saturated heterocycles. The summed E-state index contributed by atoms with van der Waals surface area (Å²) in [6.07, 6.45) is 2.80. The SMILES string of the molecule is Cc1ccc(NC(=O)[C@@H](C)NC(=O)C2CCC(CNS(=O)(=O)c3ccc(Cl)cc3)CC2)cc1. The van der Waals surface area contributed by atoms with E-state index in [0.717, 1.165) is 18.4 Å². The second-order valence-corrected chi connectivity index (χ2v) is 10.8. The highest BCUT2D eigenvalue weighted by atomic mass is 35.5. The third-order valence-electron chi connectivity index (χ3n) is 5.97. The summed E-state index contributed by atoms with van der Waals surface area (Å²) in [4.78, 5) is 25.2. The average Bonchev–Trinajstić information content (AvgIpc) is 2.80. The highest BCUT2D eigenvalue weighted by molar-refractivity contribution is 7.89. The first-order valence-electron chi connectivity index (χ1n) is 11.1. The van der Waals surface area contributed by atoms with Crippen LogP contribution in [0.4, 0.5) is 5.69 Å². The molecule has 0 heterocycles. The van der Waals surface area contributed by atoms with E-state index in [4.69, 9.17) is 11.6 Å². The minimum absolute atomic E-state index is 0.137. The van der Waals surface area contributed by atoms with E-state index in [1.807, 2.05) is 31.2 Å². The summed E-state index contributed by atoms with van der Waals surface area (Å²) in [5.41, 5.74) is 1.79. The third kappa shape index (κ3) is 7.28. The molecule has 1 atom stereocenters. The van der Waals surface area contributed by atoms with Crippen LogP contribution in [-0.2, 0) is 19.6 Å². The van der Waals surface area contributed by atoms with Crippen molar-refractivity contribution in [1.82, 2.24) is 10.0 Å². The predicted octanol–water partition coefficient (Wildman–Crippen LogP) is 3.88. The van der Waals surface area contributed by atoms with Gasteiger partial charge in [-0.15, -0.1) is 0 Å². The Hall–Kier alpha value is -2.42. The number of sulfonamides is 1. The summed E-state index contributed by atoms with van der Waals surface area (Å²) in [6.45, 7) is 3.96. The molecule has 0 bridgehead atoms. The number of benzene rings is 2. The molecule has 1 fully saturated rings. The fourth-order valence-electron chi connectivity index (χ4n) is 3.84. The molecule has 0 spiro atoms. The first kappa shape index (κ1) is 25.2. The maximum absolute atomic E-state index is 12.6. The molecule has 178 valence electrons. The number of halogens is 1. The molecule has 33 heavy (non-hydrogen) atoms. The number of rotatable bonds is 8. The van der Waals surface area contributed by atoms with Crippen LogP contribution in [0.2, 0.25) is 5.02 Å². The summed E-state index contributed by atoms with van der Waals surface area (Å²) < 4.78 is 27.5. The van der Waals surface area contributed by atoms with Crippen molar-refractivity contribution in [2.24, 2.45) is 11.8 Å². The van der Waals surface area contributed by atoms with Gasteiger partial charge in [0, 0.05) is 23.2 Å². The quantitative estimate of drug-likeness (QED) is 0.521. The van der Waals surface area contributed by atoms with Gasteiger partial charge in [-0.1, -0.05) is 29.3 Å². The molecule has 2 aromatic carbocycles. The Bertz CT molecular complexity index is 1060. The number of carbonyl (C=O) groups is 2. The molecule has 2 amide bonds. The van der Waals surface area contributed by atoms with E-state index in [0.29, 0.717) is 30.1 Å². The van der Waals surface area contributed by atoms with Gasteiger partial charge in [-0.25, -0.2) is 13.1 Å². The van der Waals surface area contributed by atoms with Crippen LogP contribution in [0.15, 0.2) is 53.4 Å². The highest BCUT2D eigenvalue weighted by Gasteiger charge is 2.29. The van der Waals surface area contributed by atoms with Crippen LogP contribution in [0.1, 0.15) is 38.2 Å². The summed E-state index contributed by atoms with van der Waals surface area (Å²) in [6, 6.07) is 12.9. The molecule has 7 nitrogen and oxygen atoms in total. The number of anilines is 1. The number of nitrogens with one attached hydrogen (secondary N) is 3. The standard InChI is InChI=1S/C24H30ClN3O4S/c1-16-3-11-21(12-4-16)28-23(29)17(2)27-24(30)19-7-5-18(6-8-19)15-26-33(31,32)22-13-9-20(25)10-14-22/h3-4,9-14,17-19,26H,5-8,15H2,1-2H3,(H,27,30)(H,28,29)/t17-,18?,19?/m1/s1. The Morgan fingerprint density at radius 1 is 1.00 bits per heavy atom. The number of amides is 2. The van der Waals surface area contributed by atoms with Crippen molar-refractivity contribution in [3.8, 4) is 0 Å². The molecule has 0 radical (unpaired) electrons. The van der Waals surface area contributed by atoms with E-state index < -0.39 is 16.1 Å². The van der Waals surface area contributed by atoms with Gasteiger partial charge in [0.05, 0.1) is 4.90 Å². The summed E-state index contributed by atoms with van der Waals surface area (Å²) in [5, 5.41) is 6.09. The first-order valence-corrected chi connectivity index (χ1v) is 12.9. The Balaban J connectivity index is 1.42. The van der Waals surface area contributed by atoms with Crippen LogP contribution in [0, 0.1) is 18.8 Å². The van der Waals surface area contributed by atoms with Gasteiger partial charge in [-0.2, -0.15) is 0 Å². The van der Waals surface area contributed by atoms with E-state index >= 15 is 0 Å². The monoisotopic (exact) mass is 491 g/mol. The number of aryl methyl sites for hydroxylation is 1. The van der Waals surface area contributed by atoms with Gasteiger partial charge in [0.15, 0.2) is 0 Å². The zero-order chi connectivity index (χ0) is 24.0. The molecule has 1 saturated carbocycles. The topological polar surface area (TPSA) is 104 Å². The van der Waals surface area contributed by atoms with Gasteiger partial charge in [0.25, 0.3) is 0 Å². The van der Waals surface area contributed by atoms with E-state index in [1.54, 1.807) is 19.1 Å². The molecule has 1 aliphatic rings. The zero-order valence-corrected chi connectivity index (χ0v) is 20.4. The minimum atomic E-state index is -3.59. The minimum Gasteiger partial charge on any atom is -0.344 e. The lowest BCUT2D eigenvalue weighted by Crippen LogP contribution is -2.45. The summed E-state index contributed by atoms with van der Waals surface area (Å²) in [7, 11) is -3.59. The average molecular weight is 492 g/mol. The second-order valence-electron chi connectivity index (χ2n) is 8.61. The van der Waals surface area contributed by atoms with Crippen LogP contribution in [0.3, 0.4) is 0 Å². The largest absolute Gasteiger partial charge is 0.344 e. The van der Waals surface area contributed by atoms with Crippen molar-refractivity contribution < 1.29 is 18.0 Å². The van der Waals surface area contributed by atoms with Crippen molar-refractivity contribution >= 4 is 39.1 Å². The van der Waals surface area contributed by atoms with Crippen molar-refractivity contribution in [1.29, 1.82) is 0 Å². The molecule has 1 aliphatic carbocycles. The molecule has 0 aromatic heterocycles. The lowest BCUT2D eigenvalue weighted by Gasteiger charge is -2.28. The highest BCUT2D eigenvalue weighted by Crippen LogP contribution is 2.29. The third-order valence-corrected chi connectivity index (χ3v) is 7.67. The van der Waals surface area contributed by atoms with Gasteiger partial charge in [-0.05, 0) is 81.8 Å². The molecular weight excluding hydrogens is 462 g/mol. The Kier molecular flexibility index (Phi) is 8.51. The summed E-state index contributed by atoms with van der Waals surface area (Å²) >= 11 is 5.82. The van der Waals surface area contributed by atoms with Crippen molar-refractivity contribution in [2.45, 2.75) is 50.5 Å². The van der Waals surface area contributed by atoms with E-state index in [2.05, 4.69) is 15.4 Å². The normalized spacial score (nSPS) is 19.5. The molecule has 3 N–H and O–H groups in total. The Morgan fingerprint density at radius 3 is 2.21 bits per heavy atom. The number of hydrogen-bond donors (Lipinski definition) is 3. The van der Waals surface area contributed by atoms with Gasteiger partial charge in [0.2, 0.25) is 21.8 Å². The van der Waals surface area contributed by atoms with Crippen molar-refractivity contribution in [3.05, 3.63) is 59.1 Å². The van der Waals surface area contributed by atoms with Crippen LogP contribution < -0.4 is 15.4 Å². The van der Waals surface area contributed by atoms with Crippen LogP contribution >= 0.6 is 11.6 Å². The fraction of sp³-hybridized carbons (Fsp3) is 0.417. The first-order chi connectivity index (χ1) is 15.6. The molecule has 0 aliphatic heterocycles. The van der Waals surface area contributed by atoms with Crippen LogP contribution in [0.25, 0.3) is 0 Å². The maximum atomic E-state index is 12.6. The van der Waals surface area contributed by atoms with E-state index in [9.17, 15) is 18.0 Å². The molecular formula is C24H30ClN3O4S. The lowest BCUT2D eigenvalue weighted by molar-refractivity contribution is -0.129. The molecule has 9 heteroatoms. The second kappa shape index (κ2) is 11.1. The van der Waals surface area contributed by atoms with Gasteiger partial charge >= 0.3 is 0 Å². The number of carbonyl (C=O) groups excluding carboxylic acids is 2. The van der Waals surface area contributed by atoms with Gasteiger partial charge in [0.1, 0.15) is 6.04 Å². The van der Waals surface area contributed by atoms with Gasteiger partial charge in [-0.3, -0.25) is 9.59 Å². The Labute approximate surface area is 200 Å². The molecule has 3 rings (SSSR count). The van der Waals surface area contributed by atoms with Crippen LogP contribution in [0.5, 0.6) is 0 Å². The maximum Gasteiger partial charge on any atom is 0.246 e. The number of hydrogen-bond acceptors (Lipinski definition) is 4. The van der Waals surface area contributed by atoms with Crippen molar-refractivity contribution in [3.63, 3.8) is 0 Å². The van der Waals surface area contributed by atoms with Crippen molar-refractivity contribution in [2.75, 3.05) is 11.9 Å². The van der Waals surface area contributed by atoms with E-state index in [1.165, 1.54) is 12.1 Å². The zero-order valence-electron chi connectivity index (χ0n) is 18.8.